The molecule has 2 aromatic carbocycles. The van der Waals surface area contributed by atoms with Gasteiger partial charge in [-0.2, -0.15) is 9.78 Å². The molecule has 10 heteroatoms. The first kappa shape index (κ1) is 26.5. The highest BCUT2D eigenvalue weighted by molar-refractivity contribution is 14.1. The van der Waals surface area contributed by atoms with E-state index in [1.54, 1.807) is 60.8 Å². The molecule has 0 unspecified atom stereocenters. The van der Waals surface area contributed by atoms with Crippen molar-refractivity contribution in [2.45, 2.75) is 70.5 Å². The summed E-state index contributed by atoms with van der Waals surface area (Å²) < 4.78 is 18.5. The number of hydrogen-bond acceptors (Lipinski definition) is 7. The molecular weight excluding hydrogens is 601 g/mol. The largest absolute Gasteiger partial charge is 0.497 e. The lowest BCUT2D eigenvalue weighted by Gasteiger charge is -2.24. The highest BCUT2D eigenvalue weighted by Crippen LogP contribution is 2.67. The van der Waals surface area contributed by atoms with Crippen molar-refractivity contribution in [3.8, 4) is 5.75 Å². The van der Waals surface area contributed by atoms with Crippen LogP contribution in [0, 0.1) is 3.70 Å². The average molecular weight is 631 g/mol. The van der Waals surface area contributed by atoms with Gasteiger partial charge in [-0.15, -0.1) is 0 Å². The molecule has 2 atom stereocenters. The van der Waals surface area contributed by atoms with Crippen molar-refractivity contribution in [2.75, 3.05) is 12.0 Å². The van der Waals surface area contributed by atoms with Gasteiger partial charge < -0.3 is 14.2 Å². The van der Waals surface area contributed by atoms with Crippen LogP contribution < -0.4 is 9.64 Å². The van der Waals surface area contributed by atoms with Crippen LogP contribution in [0.5, 0.6) is 5.75 Å². The van der Waals surface area contributed by atoms with Crippen molar-refractivity contribution < 1.29 is 28.6 Å². The molecule has 200 valence electrons. The lowest BCUT2D eigenvalue weighted by atomic mass is 9.91. The molecular formula is C28H30IN3O6. The Bertz CT molecular complexity index is 1500. The molecule has 5 rings (SSSR count). The second kappa shape index (κ2) is 8.69. The van der Waals surface area contributed by atoms with Crippen LogP contribution in [0.4, 0.5) is 15.3 Å². The number of imide groups is 1. The van der Waals surface area contributed by atoms with Gasteiger partial charge in [-0.05, 0) is 112 Å². The molecule has 1 spiro atoms. The molecule has 0 radical (unpaired) electrons. The summed E-state index contributed by atoms with van der Waals surface area (Å²) in [6, 6.07) is 11.0. The first-order valence-corrected chi connectivity index (χ1v) is 13.4. The molecule has 2 aliphatic rings. The Morgan fingerprint density at radius 1 is 1.00 bits per heavy atom. The number of aromatic nitrogens is 2. The third-order valence-electron chi connectivity index (χ3n) is 6.68. The van der Waals surface area contributed by atoms with Crippen molar-refractivity contribution in [3.05, 3.63) is 51.2 Å². The summed E-state index contributed by atoms with van der Waals surface area (Å²) in [5.41, 5.74) is 0.331. The van der Waals surface area contributed by atoms with Crippen LogP contribution in [0.1, 0.15) is 65.0 Å². The van der Waals surface area contributed by atoms with Gasteiger partial charge in [0.15, 0.2) is 0 Å². The van der Waals surface area contributed by atoms with Gasteiger partial charge in [0.2, 0.25) is 5.91 Å². The van der Waals surface area contributed by atoms with E-state index in [1.165, 1.54) is 4.68 Å². The van der Waals surface area contributed by atoms with E-state index in [-0.39, 0.29) is 11.8 Å². The van der Waals surface area contributed by atoms with Crippen LogP contribution in [0.2, 0.25) is 0 Å². The maximum Gasteiger partial charge on any atom is 0.435 e. The number of halogens is 1. The Morgan fingerprint density at radius 2 is 1.66 bits per heavy atom. The number of amides is 2. The molecule has 0 saturated heterocycles. The Labute approximate surface area is 234 Å². The van der Waals surface area contributed by atoms with E-state index >= 15 is 0 Å². The normalized spacial score (nSPS) is 20.6. The summed E-state index contributed by atoms with van der Waals surface area (Å²) in [6.45, 7) is 10.7. The fraction of sp³-hybridized carbons (Fsp3) is 0.429. The zero-order valence-corrected chi connectivity index (χ0v) is 24.6. The number of benzene rings is 2. The van der Waals surface area contributed by atoms with E-state index in [0.717, 1.165) is 21.4 Å². The summed E-state index contributed by atoms with van der Waals surface area (Å²) in [5, 5.41) is 5.21. The van der Waals surface area contributed by atoms with Gasteiger partial charge in [-0.1, -0.05) is 6.07 Å². The quantitative estimate of drug-likeness (QED) is 0.314. The van der Waals surface area contributed by atoms with Crippen LogP contribution in [0.15, 0.2) is 36.4 Å². The third kappa shape index (κ3) is 4.32. The lowest BCUT2D eigenvalue weighted by Crippen LogP contribution is -2.41. The van der Waals surface area contributed by atoms with Crippen LogP contribution in [0.3, 0.4) is 0 Å². The summed E-state index contributed by atoms with van der Waals surface area (Å²) in [5.74, 6) is 0.0632. The minimum Gasteiger partial charge on any atom is -0.497 e. The summed E-state index contributed by atoms with van der Waals surface area (Å²) in [7, 11) is 1.56. The van der Waals surface area contributed by atoms with Gasteiger partial charge in [0.25, 0.3) is 0 Å². The second-order valence-corrected chi connectivity index (χ2v) is 12.7. The van der Waals surface area contributed by atoms with Crippen molar-refractivity contribution in [1.82, 2.24) is 9.78 Å². The van der Waals surface area contributed by atoms with Gasteiger partial charge in [-0.25, -0.2) is 14.5 Å². The number of rotatable bonds is 2. The second-order valence-electron chi connectivity index (χ2n) is 11.7. The molecule has 2 amide bonds. The van der Waals surface area contributed by atoms with Crippen LogP contribution in [0.25, 0.3) is 10.9 Å². The number of methoxy groups -OCH3 is 1. The standard InChI is InChI=1S/C28H30IN3O6/c1-26(2,3)37-24(34)31-20-11-9-16(36-7)13-18(20)28(23(31)33)14-19(28)15-8-10-17-21(12-15)32(30-22(17)29)25(35)38-27(4,5)6/h8-13,19H,14H2,1-7H3/t19-,28-/m0/s1. The summed E-state index contributed by atoms with van der Waals surface area (Å²) >= 11 is 2.09. The Morgan fingerprint density at radius 3 is 2.29 bits per heavy atom. The minimum atomic E-state index is -0.932. The maximum atomic E-state index is 13.9. The zero-order chi connectivity index (χ0) is 27.8. The van der Waals surface area contributed by atoms with Crippen LogP contribution in [-0.4, -0.2) is 46.2 Å². The van der Waals surface area contributed by atoms with E-state index in [1.807, 2.05) is 24.3 Å². The molecule has 0 N–H and O–H groups in total. The predicted molar refractivity (Wildman–Crippen MR) is 150 cm³/mol. The Hall–Kier alpha value is -3.15. The molecule has 0 bridgehead atoms. The topological polar surface area (TPSA) is 100.0 Å². The van der Waals surface area contributed by atoms with E-state index in [4.69, 9.17) is 14.2 Å². The molecule has 1 saturated carbocycles. The van der Waals surface area contributed by atoms with Crippen LogP contribution >= 0.6 is 22.6 Å². The smallest absolute Gasteiger partial charge is 0.435 e. The maximum absolute atomic E-state index is 13.9. The molecule has 38 heavy (non-hydrogen) atoms. The lowest BCUT2D eigenvalue weighted by molar-refractivity contribution is -0.120. The van der Waals surface area contributed by atoms with E-state index < -0.39 is 28.8 Å². The molecule has 1 fully saturated rings. The summed E-state index contributed by atoms with van der Waals surface area (Å²) in [4.78, 5) is 41.1. The summed E-state index contributed by atoms with van der Waals surface area (Å²) in [6.07, 6.45) is -0.769. The number of nitrogens with zero attached hydrogens (tertiary/aromatic N) is 3. The molecule has 3 aromatic rings. The van der Waals surface area contributed by atoms with Gasteiger partial charge >= 0.3 is 12.2 Å². The number of ether oxygens (including phenoxy) is 3. The molecule has 9 nitrogen and oxygen atoms in total. The van der Waals surface area contributed by atoms with E-state index in [0.29, 0.717) is 27.1 Å². The highest BCUT2D eigenvalue weighted by Gasteiger charge is 2.68. The van der Waals surface area contributed by atoms with E-state index in [2.05, 4.69) is 27.7 Å². The van der Waals surface area contributed by atoms with Crippen molar-refractivity contribution >= 4 is 57.3 Å². The number of anilines is 1. The van der Waals surface area contributed by atoms with Gasteiger partial charge in [0.1, 0.15) is 20.7 Å². The molecule has 1 aliphatic heterocycles. The van der Waals surface area contributed by atoms with Gasteiger partial charge in [0, 0.05) is 11.3 Å². The van der Waals surface area contributed by atoms with Crippen LogP contribution in [-0.2, 0) is 19.7 Å². The minimum absolute atomic E-state index is 0.211. The number of hydrogen-bond donors (Lipinski definition) is 0. The Kier molecular flexibility index (Phi) is 6.05. The van der Waals surface area contributed by atoms with E-state index in [9.17, 15) is 14.4 Å². The van der Waals surface area contributed by atoms with Crippen molar-refractivity contribution in [2.24, 2.45) is 0 Å². The van der Waals surface area contributed by atoms with Gasteiger partial charge in [-0.3, -0.25) is 4.79 Å². The van der Waals surface area contributed by atoms with Gasteiger partial charge in [0.05, 0.1) is 23.7 Å². The number of fused-ring (bicyclic) bond motifs is 3. The average Bonchev–Trinajstić information content (AvgIpc) is 3.41. The SMILES string of the molecule is COc1ccc2c(c1)[C@]1(C[C@H]1c1ccc3c(I)nn(C(=O)OC(C)(C)C)c3c1)C(=O)N2C(=O)OC(C)(C)C. The predicted octanol–water partition coefficient (Wildman–Crippen LogP) is 6.14. The molecule has 1 aromatic heterocycles. The molecule has 2 heterocycles. The zero-order valence-electron chi connectivity index (χ0n) is 22.4. The third-order valence-corrected chi connectivity index (χ3v) is 7.47. The fourth-order valence-corrected chi connectivity index (χ4v) is 5.73. The van der Waals surface area contributed by atoms with Crippen molar-refractivity contribution in [3.63, 3.8) is 0 Å². The number of carbonyl (C=O) groups is 3. The van der Waals surface area contributed by atoms with Crippen molar-refractivity contribution in [1.29, 1.82) is 0 Å². The molecule has 1 aliphatic carbocycles. The highest BCUT2D eigenvalue weighted by atomic mass is 127. The fourth-order valence-electron chi connectivity index (χ4n) is 5.06. The Balaban J connectivity index is 1.57. The monoisotopic (exact) mass is 631 g/mol. The first-order valence-electron chi connectivity index (χ1n) is 12.3. The number of carbonyl (C=O) groups excluding carboxylic acids is 3. The first-order chi connectivity index (χ1) is 17.7.